The summed E-state index contributed by atoms with van der Waals surface area (Å²) in [6, 6.07) is 0. The molecule has 3 nitrogen and oxygen atoms in total. The Bertz CT molecular complexity index is 616. The molecule has 0 saturated heterocycles. The predicted octanol–water partition coefficient (Wildman–Crippen LogP) is 2.83. The Balaban J connectivity index is 1.72. The van der Waals surface area contributed by atoms with Gasteiger partial charge >= 0.3 is 0 Å². The van der Waals surface area contributed by atoms with Crippen molar-refractivity contribution in [2.75, 3.05) is 0 Å². The molecule has 0 aromatic rings. The van der Waals surface area contributed by atoms with E-state index in [-0.39, 0.29) is 22.4 Å². The molecule has 3 saturated carbocycles. The second-order valence-electron chi connectivity index (χ2n) is 8.18. The summed E-state index contributed by atoms with van der Waals surface area (Å²) in [7, 11) is 0. The molecule has 0 aromatic heterocycles. The number of carbonyl (C=O) groups is 2. The fourth-order valence-electron chi connectivity index (χ4n) is 5.99. The lowest BCUT2D eigenvalue weighted by Crippen LogP contribution is -2.49. The molecule has 118 valence electrons. The monoisotopic (exact) mass is 300 g/mol. The number of aliphatic hydroxyl groups is 1. The third-order valence-electron chi connectivity index (χ3n) is 7.29. The van der Waals surface area contributed by atoms with Crippen LogP contribution in [0.3, 0.4) is 0 Å². The van der Waals surface area contributed by atoms with Crippen LogP contribution in [0, 0.1) is 28.6 Å². The van der Waals surface area contributed by atoms with Crippen molar-refractivity contribution in [2.45, 2.75) is 52.1 Å². The van der Waals surface area contributed by atoms with Crippen LogP contribution in [0.5, 0.6) is 0 Å². The molecule has 0 aliphatic heterocycles. The molecule has 0 radical (unpaired) electrons. The van der Waals surface area contributed by atoms with Crippen LogP contribution in [-0.4, -0.2) is 22.8 Å². The number of carbonyl (C=O) groups excluding carboxylic acids is 2. The van der Waals surface area contributed by atoms with Crippen LogP contribution in [0.1, 0.15) is 46.0 Å². The lowest BCUT2D eigenvalue weighted by atomic mass is 9.48. The van der Waals surface area contributed by atoms with Gasteiger partial charge in [0.15, 0.2) is 11.6 Å². The van der Waals surface area contributed by atoms with E-state index in [2.05, 4.69) is 19.9 Å². The third kappa shape index (κ3) is 1.66. The summed E-state index contributed by atoms with van der Waals surface area (Å²) in [5.74, 6) is 1.46. The predicted molar refractivity (Wildman–Crippen MR) is 83.0 cm³/mol. The first-order valence-electron chi connectivity index (χ1n) is 8.53. The number of hydrogen-bond donors (Lipinski definition) is 1. The number of fused-ring (bicyclic) bond motifs is 5. The lowest BCUT2D eigenvalue weighted by molar-refractivity contribution is -0.136. The first-order chi connectivity index (χ1) is 10.4. The highest BCUT2D eigenvalue weighted by Gasteiger charge is 2.60. The van der Waals surface area contributed by atoms with Crippen molar-refractivity contribution in [1.82, 2.24) is 0 Å². The summed E-state index contributed by atoms with van der Waals surface area (Å²) in [6.07, 6.45) is 9.42. The second-order valence-corrected chi connectivity index (χ2v) is 8.18. The molecule has 6 atom stereocenters. The molecule has 0 bridgehead atoms. The number of ketones is 2. The standard InChI is InChI=1S/C19H24O3/c1-18-7-5-12(20)9-11(18)3-4-13-14(18)6-8-19(2)15(13)10-16(21)17(19)22/h5,7,9,13-16,21H,3-4,6,8,10H2,1-2H3. The molecule has 4 aliphatic carbocycles. The van der Waals surface area contributed by atoms with E-state index >= 15 is 0 Å². The van der Waals surface area contributed by atoms with Crippen molar-refractivity contribution in [2.24, 2.45) is 28.6 Å². The third-order valence-corrected chi connectivity index (χ3v) is 7.29. The molecule has 22 heavy (non-hydrogen) atoms. The van der Waals surface area contributed by atoms with Crippen molar-refractivity contribution in [3.63, 3.8) is 0 Å². The lowest BCUT2D eigenvalue weighted by Gasteiger charge is -2.55. The van der Waals surface area contributed by atoms with Crippen LogP contribution in [0.15, 0.2) is 23.8 Å². The van der Waals surface area contributed by atoms with Gasteiger partial charge in [-0.25, -0.2) is 0 Å². The topological polar surface area (TPSA) is 54.4 Å². The van der Waals surface area contributed by atoms with Crippen molar-refractivity contribution in [3.8, 4) is 0 Å². The van der Waals surface area contributed by atoms with Crippen molar-refractivity contribution in [1.29, 1.82) is 0 Å². The summed E-state index contributed by atoms with van der Waals surface area (Å²) >= 11 is 0. The Hall–Kier alpha value is -1.22. The minimum Gasteiger partial charge on any atom is -0.385 e. The molecule has 0 spiro atoms. The molecular formula is C19H24O3. The number of aliphatic hydroxyl groups excluding tert-OH is 1. The summed E-state index contributed by atoms with van der Waals surface area (Å²) in [4.78, 5) is 24.1. The summed E-state index contributed by atoms with van der Waals surface area (Å²) in [5.41, 5.74) is 0.913. The highest BCUT2D eigenvalue weighted by atomic mass is 16.3. The van der Waals surface area contributed by atoms with Gasteiger partial charge in [0.2, 0.25) is 0 Å². The van der Waals surface area contributed by atoms with Gasteiger partial charge in [0.1, 0.15) is 6.10 Å². The van der Waals surface area contributed by atoms with Gasteiger partial charge in [0, 0.05) is 10.8 Å². The average Bonchev–Trinajstić information content (AvgIpc) is 2.72. The molecule has 0 heterocycles. The van der Waals surface area contributed by atoms with E-state index in [9.17, 15) is 14.7 Å². The van der Waals surface area contributed by atoms with Gasteiger partial charge in [-0.3, -0.25) is 9.59 Å². The molecule has 3 heteroatoms. The SMILES string of the molecule is CC12C=CC(=O)C=C1CCC1C2CCC2(C)C(=O)C(O)CC12. The van der Waals surface area contributed by atoms with E-state index in [1.165, 1.54) is 5.57 Å². The highest BCUT2D eigenvalue weighted by Crippen LogP contribution is 2.63. The van der Waals surface area contributed by atoms with Crippen molar-refractivity contribution >= 4 is 11.6 Å². The zero-order valence-electron chi connectivity index (χ0n) is 13.3. The minimum absolute atomic E-state index is 0.0330. The quantitative estimate of drug-likeness (QED) is 0.748. The van der Waals surface area contributed by atoms with Crippen LogP contribution in [0.25, 0.3) is 0 Å². The Kier molecular flexibility index (Phi) is 2.88. The van der Waals surface area contributed by atoms with Gasteiger partial charge in [-0.2, -0.15) is 0 Å². The Labute approximate surface area is 131 Å². The smallest absolute Gasteiger partial charge is 0.178 e. The van der Waals surface area contributed by atoms with E-state index in [0.717, 1.165) is 25.7 Å². The van der Waals surface area contributed by atoms with E-state index < -0.39 is 6.10 Å². The largest absolute Gasteiger partial charge is 0.385 e. The zero-order valence-corrected chi connectivity index (χ0v) is 13.3. The fraction of sp³-hybridized carbons (Fsp3) is 0.684. The fourth-order valence-corrected chi connectivity index (χ4v) is 5.99. The van der Waals surface area contributed by atoms with E-state index in [4.69, 9.17) is 0 Å². The van der Waals surface area contributed by atoms with E-state index in [0.29, 0.717) is 24.2 Å². The molecular weight excluding hydrogens is 276 g/mol. The molecule has 3 fully saturated rings. The van der Waals surface area contributed by atoms with Gasteiger partial charge in [-0.15, -0.1) is 0 Å². The van der Waals surface area contributed by atoms with Crippen LogP contribution < -0.4 is 0 Å². The molecule has 4 aliphatic rings. The maximum atomic E-state index is 12.4. The van der Waals surface area contributed by atoms with Gasteiger partial charge < -0.3 is 5.11 Å². The molecule has 4 rings (SSSR count). The van der Waals surface area contributed by atoms with Crippen LogP contribution in [-0.2, 0) is 9.59 Å². The summed E-state index contributed by atoms with van der Waals surface area (Å²) in [6.45, 7) is 4.33. The number of hydrogen-bond acceptors (Lipinski definition) is 3. The zero-order chi connectivity index (χ0) is 15.7. The van der Waals surface area contributed by atoms with E-state index in [1.807, 2.05) is 6.08 Å². The molecule has 1 N–H and O–H groups in total. The van der Waals surface area contributed by atoms with Gasteiger partial charge in [0.25, 0.3) is 0 Å². The van der Waals surface area contributed by atoms with Crippen LogP contribution >= 0.6 is 0 Å². The number of rotatable bonds is 0. The Morgan fingerprint density at radius 3 is 2.73 bits per heavy atom. The number of Topliss-reactive ketones (excluding diaryl/α,β-unsaturated/α-hetero) is 1. The second kappa shape index (κ2) is 4.41. The number of allylic oxidation sites excluding steroid dienone is 4. The van der Waals surface area contributed by atoms with Gasteiger partial charge in [-0.1, -0.05) is 25.5 Å². The molecule has 0 amide bonds. The van der Waals surface area contributed by atoms with Gasteiger partial charge in [-0.05, 0) is 62.0 Å². The summed E-state index contributed by atoms with van der Waals surface area (Å²) < 4.78 is 0. The van der Waals surface area contributed by atoms with Gasteiger partial charge in [0.05, 0.1) is 0 Å². The molecule has 0 aromatic carbocycles. The highest BCUT2D eigenvalue weighted by molar-refractivity contribution is 6.01. The first kappa shape index (κ1) is 14.4. The molecule has 6 unspecified atom stereocenters. The van der Waals surface area contributed by atoms with Crippen molar-refractivity contribution in [3.05, 3.63) is 23.8 Å². The average molecular weight is 300 g/mol. The van der Waals surface area contributed by atoms with Crippen molar-refractivity contribution < 1.29 is 14.7 Å². The maximum absolute atomic E-state index is 12.4. The maximum Gasteiger partial charge on any atom is 0.178 e. The van der Waals surface area contributed by atoms with E-state index in [1.54, 1.807) is 6.08 Å². The Morgan fingerprint density at radius 1 is 1.18 bits per heavy atom. The normalized spacial score (nSPS) is 50.2. The summed E-state index contributed by atoms with van der Waals surface area (Å²) in [5, 5.41) is 10.1. The minimum atomic E-state index is -0.762. The van der Waals surface area contributed by atoms with Crippen LogP contribution in [0.2, 0.25) is 0 Å². The first-order valence-corrected chi connectivity index (χ1v) is 8.53. The Morgan fingerprint density at radius 2 is 1.95 bits per heavy atom. The van der Waals surface area contributed by atoms with Crippen LogP contribution in [0.4, 0.5) is 0 Å².